The van der Waals surface area contributed by atoms with Crippen molar-refractivity contribution in [1.82, 2.24) is 5.32 Å². The summed E-state index contributed by atoms with van der Waals surface area (Å²) in [4.78, 5) is 0. The van der Waals surface area contributed by atoms with Gasteiger partial charge in [-0.1, -0.05) is 6.42 Å². The number of nitrogens with one attached hydrogen (secondary N) is 1. The van der Waals surface area contributed by atoms with Crippen LogP contribution in [-0.2, 0) is 18.9 Å². The smallest absolute Gasteiger partial charge is 0.215 e. The number of aliphatic hydroxyl groups is 3. The first kappa shape index (κ1) is 28.7. The van der Waals surface area contributed by atoms with Crippen molar-refractivity contribution in [1.29, 1.82) is 0 Å². The number of allylic oxidation sites excluding steroid dienone is 1. The number of unbranched alkanes of at least 4 members (excludes halogenated alkanes) is 2. The summed E-state index contributed by atoms with van der Waals surface area (Å²) in [6, 6.07) is -2.31. The normalized spacial score (nSPS) is 44.5. The molecule has 12 N–H and O–H groups in total. The summed E-state index contributed by atoms with van der Waals surface area (Å²) < 4.78 is 23.7. The first-order valence-corrected chi connectivity index (χ1v) is 12.6. The van der Waals surface area contributed by atoms with Gasteiger partial charge in [-0.05, 0) is 52.3 Å². The van der Waals surface area contributed by atoms with Crippen LogP contribution in [0, 0.1) is 0 Å². The lowest BCUT2D eigenvalue weighted by molar-refractivity contribution is -0.303. The predicted molar refractivity (Wildman–Crippen MR) is 129 cm³/mol. The highest BCUT2D eigenvalue weighted by Crippen LogP contribution is 2.31. The maximum atomic E-state index is 11.2. The number of nitrogens with two attached hydrogens (primary N) is 4. The molecule has 204 valence electrons. The zero-order valence-corrected chi connectivity index (χ0v) is 20.8. The van der Waals surface area contributed by atoms with E-state index in [4.69, 9.17) is 41.9 Å². The van der Waals surface area contributed by atoms with Crippen LogP contribution in [0.25, 0.3) is 0 Å². The Morgan fingerprint density at radius 2 is 1.69 bits per heavy atom. The molecule has 0 aromatic rings. The van der Waals surface area contributed by atoms with Crippen LogP contribution in [0.4, 0.5) is 0 Å². The van der Waals surface area contributed by atoms with Gasteiger partial charge in [-0.3, -0.25) is 0 Å². The maximum Gasteiger partial charge on any atom is 0.215 e. The lowest BCUT2D eigenvalue weighted by Gasteiger charge is -2.48. The number of likely N-dealkylation sites (N-methyl/N-ethyl adjacent to an activating group) is 1. The largest absolute Gasteiger partial charge is 0.468 e. The molecule has 12 nitrogen and oxygen atoms in total. The molecule has 0 bridgehead atoms. The highest BCUT2D eigenvalue weighted by Gasteiger charge is 2.50. The van der Waals surface area contributed by atoms with Crippen molar-refractivity contribution < 1.29 is 34.3 Å². The molecule has 0 aromatic carbocycles. The van der Waals surface area contributed by atoms with Gasteiger partial charge in [0.2, 0.25) is 6.29 Å². The maximum absolute atomic E-state index is 11.2. The minimum atomic E-state index is -1.29. The van der Waals surface area contributed by atoms with Crippen molar-refractivity contribution in [3.05, 3.63) is 11.8 Å². The van der Waals surface area contributed by atoms with E-state index in [1.54, 1.807) is 14.0 Å². The van der Waals surface area contributed by atoms with Crippen molar-refractivity contribution in [2.45, 2.75) is 112 Å². The predicted octanol–water partition coefficient (Wildman–Crippen LogP) is -2.29. The van der Waals surface area contributed by atoms with Crippen molar-refractivity contribution in [3.63, 3.8) is 0 Å². The molecular formula is C23H45N5O7. The first-order valence-electron chi connectivity index (χ1n) is 12.6. The van der Waals surface area contributed by atoms with Crippen LogP contribution < -0.4 is 28.3 Å². The average molecular weight is 504 g/mol. The number of aliphatic hydroxyl groups excluding tert-OH is 2. The van der Waals surface area contributed by atoms with E-state index in [9.17, 15) is 15.3 Å². The van der Waals surface area contributed by atoms with Crippen LogP contribution >= 0.6 is 0 Å². The Bertz CT molecular complexity index is 699. The highest BCUT2D eigenvalue weighted by atomic mass is 16.7. The topological polar surface area (TPSA) is 214 Å². The quantitative estimate of drug-likeness (QED) is 0.148. The summed E-state index contributed by atoms with van der Waals surface area (Å²) in [6.07, 6.45) is 0.490. The van der Waals surface area contributed by atoms with Gasteiger partial charge in [0.15, 0.2) is 6.29 Å². The molecule has 1 saturated heterocycles. The molecule has 0 spiro atoms. The van der Waals surface area contributed by atoms with E-state index in [-0.39, 0.29) is 6.61 Å². The highest BCUT2D eigenvalue weighted by molar-refractivity contribution is 5.04. The van der Waals surface area contributed by atoms with E-state index in [0.29, 0.717) is 19.4 Å². The van der Waals surface area contributed by atoms with Crippen LogP contribution in [-0.4, -0.2) is 102 Å². The second-order valence-corrected chi connectivity index (χ2v) is 10.2. The van der Waals surface area contributed by atoms with Crippen molar-refractivity contribution in [3.8, 4) is 0 Å². The van der Waals surface area contributed by atoms with Gasteiger partial charge in [0.05, 0.1) is 24.4 Å². The van der Waals surface area contributed by atoms with Crippen molar-refractivity contribution in [2.24, 2.45) is 22.9 Å². The van der Waals surface area contributed by atoms with Crippen LogP contribution in [0.5, 0.6) is 0 Å². The Labute approximate surface area is 207 Å². The van der Waals surface area contributed by atoms with Gasteiger partial charge in [0.25, 0.3) is 0 Å². The summed E-state index contributed by atoms with van der Waals surface area (Å²) >= 11 is 0. The van der Waals surface area contributed by atoms with Crippen molar-refractivity contribution in [2.75, 3.05) is 20.2 Å². The van der Waals surface area contributed by atoms with Crippen LogP contribution in [0.2, 0.25) is 0 Å². The molecular weight excluding hydrogens is 458 g/mol. The second kappa shape index (κ2) is 12.6. The zero-order valence-electron chi connectivity index (χ0n) is 20.8. The minimum absolute atomic E-state index is 0.0666. The molecule has 1 saturated carbocycles. The van der Waals surface area contributed by atoms with E-state index in [1.165, 1.54) is 0 Å². The Morgan fingerprint density at radius 1 is 1.03 bits per heavy atom. The molecule has 0 aromatic heterocycles. The second-order valence-electron chi connectivity index (χ2n) is 10.2. The Kier molecular flexibility index (Phi) is 10.3. The standard InChI is InChI=1S/C23H45N5O7/c1-23(31)11-32-22(17(30)20(23)28-2)35-19-15(27)10-14(26)18(16(19)29)34-21-13(25)8-7-12(33-21)6-4-3-5-9-24/h7,13-22,28-31H,3-6,8-11,24-27H2,1-2H3/t13-,14+,15-,16?,17-,18-,19+,20-,21-,22-,23+/m1/s1. The minimum Gasteiger partial charge on any atom is -0.468 e. The number of hydrogen-bond acceptors (Lipinski definition) is 12. The molecule has 0 radical (unpaired) electrons. The number of rotatable bonds is 10. The molecule has 2 aliphatic heterocycles. The molecule has 2 fully saturated rings. The third kappa shape index (κ3) is 6.90. The summed E-state index contributed by atoms with van der Waals surface area (Å²) in [7, 11) is 1.63. The summed E-state index contributed by atoms with van der Waals surface area (Å²) in [5.74, 6) is 0.806. The lowest BCUT2D eigenvalue weighted by atomic mass is 9.84. The van der Waals surface area contributed by atoms with E-state index in [2.05, 4.69) is 5.32 Å². The summed E-state index contributed by atoms with van der Waals surface area (Å²) in [6.45, 7) is 2.16. The molecule has 3 rings (SSSR count). The molecule has 2 heterocycles. The third-order valence-corrected chi connectivity index (χ3v) is 7.15. The van der Waals surface area contributed by atoms with E-state index in [1.807, 2.05) is 6.08 Å². The first-order chi connectivity index (χ1) is 16.6. The lowest BCUT2D eigenvalue weighted by Crippen LogP contribution is -2.68. The zero-order chi connectivity index (χ0) is 25.8. The fourth-order valence-electron chi connectivity index (χ4n) is 5.09. The van der Waals surface area contributed by atoms with Gasteiger partial charge < -0.3 is 62.5 Å². The molecule has 35 heavy (non-hydrogen) atoms. The Balaban J connectivity index is 1.63. The van der Waals surface area contributed by atoms with Crippen LogP contribution in [0.3, 0.4) is 0 Å². The molecule has 0 amide bonds. The third-order valence-electron chi connectivity index (χ3n) is 7.15. The summed E-state index contributed by atoms with van der Waals surface area (Å²) in [5.41, 5.74) is 23.1. The van der Waals surface area contributed by atoms with Crippen LogP contribution in [0.15, 0.2) is 11.8 Å². The molecule has 3 aliphatic rings. The van der Waals surface area contributed by atoms with E-state index >= 15 is 0 Å². The average Bonchev–Trinajstić information content (AvgIpc) is 2.80. The molecule has 1 unspecified atom stereocenters. The van der Waals surface area contributed by atoms with Crippen LogP contribution in [0.1, 0.15) is 45.4 Å². The Morgan fingerprint density at radius 3 is 2.31 bits per heavy atom. The van der Waals surface area contributed by atoms with Gasteiger partial charge in [0, 0.05) is 18.5 Å². The fraction of sp³-hybridized carbons (Fsp3) is 0.913. The van der Waals surface area contributed by atoms with Gasteiger partial charge in [-0.2, -0.15) is 0 Å². The molecule has 1 aliphatic carbocycles. The van der Waals surface area contributed by atoms with Gasteiger partial charge in [0.1, 0.15) is 30.0 Å². The SMILES string of the molecule is CN[C@@H]1[C@@H](O)[C@@H](O[C@@H]2C(O)[C@H](O[C@H]3OC(CCCCCN)=CC[C@H]3N)[C@@H](N)C[C@H]2N)OC[C@]1(C)O. The van der Waals surface area contributed by atoms with E-state index < -0.39 is 66.8 Å². The van der Waals surface area contributed by atoms with Gasteiger partial charge in [-0.25, -0.2) is 0 Å². The summed E-state index contributed by atoms with van der Waals surface area (Å²) in [5, 5.41) is 35.2. The van der Waals surface area contributed by atoms with Gasteiger partial charge >= 0.3 is 0 Å². The number of ether oxygens (including phenoxy) is 4. The fourth-order valence-corrected chi connectivity index (χ4v) is 5.09. The van der Waals surface area contributed by atoms with Crippen molar-refractivity contribution >= 4 is 0 Å². The monoisotopic (exact) mass is 503 g/mol. The molecule has 11 atom stereocenters. The number of hydrogen-bond donors (Lipinski definition) is 8. The molecule has 12 heteroatoms. The van der Waals surface area contributed by atoms with E-state index in [0.717, 1.165) is 31.4 Å². The van der Waals surface area contributed by atoms with Gasteiger partial charge in [-0.15, -0.1) is 0 Å². The Hall–Kier alpha value is -0.900.